The molecule has 2 saturated heterocycles. The Morgan fingerprint density at radius 3 is 2.76 bits per heavy atom. The molecule has 1 unspecified atom stereocenters. The highest BCUT2D eigenvalue weighted by molar-refractivity contribution is 5.93. The van der Waals surface area contributed by atoms with Gasteiger partial charge in [0.2, 0.25) is 0 Å². The molecule has 3 rings (SSSR count). The van der Waals surface area contributed by atoms with Crippen LogP contribution < -0.4 is 5.32 Å². The molecule has 0 spiro atoms. The van der Waals surface area contributed by atoms with Gasteiger partial charge in [0.15, 0.2) is 5.96 Å². The average Bonchev–Trinajstić information content (AvgIpc) is 3.18. The van der Waals surface area contributed by atoms with Crippen molar-refractivity contribution in [1.29, 1.82) is 0 Å². The molecule has 2 aliphatic heterocycles. The summed E-state index contributed by atoms with van der Waals surface area (Å²) in [4.78, 5) is 7.21. The first-order chi connectivity index (χ1) is 12.4. The summed E-state index contributed by atoms with van der Waals surface area (Å²) < 4.78 is 11.3. The standard InChI is InChI=1S/C20H31N3O2/c1-3-9-18(10-4-1)22-20(23-13-5-2-6-14-23)21-12-8-15-24-17-19-11-7-16-25-19/h1,3-4,9-10,19H,2,5-8,11-17H2,(H,21,22). The largest absolute Gasteiger partial charge is 0.379 e. The van der Waals surface area contributed by atoms with Crippen LogP contribution in [0.2, 0.25) is 0 Å². The molecule has 1 atom stereocenters. The molecule has 5 nitrogen and oxygen atoms in total. The van der Waals surface area contributed by atoms with Crippen molar-refractivity contribution >= 4 is 11.6 Å². The van der Waals surface area contributed by atoms with E-state index in [1.54, 1.807) is 0 Å². The van der Waals surface area contributed by atoms with Crippen molar-refractivity contribution in [1.82, 2.24) is 4.90 Å². The van der Waals surface area contributed by atoms with Crippen LogP contribution in [0.25, 0.3) is 0 Å². The van der Waals surface area contributed by atoms with E-state index in [4.69, 9.17) is 14.5 Å². The second-order valence-electron chi connectivity index (χ2n) is 6.81. The molecule has 0 bridgehead atoms. The molecule has 2 aliphatic rings. The van der Waals surface area contributed by atoms with Crippen molar-refractivity contribution in [3.05, 3.63) is 30.3 Å². The Labute approximate surface area is 151 Å². The summed E-state index contributed by atoms with van der Waals surface area (Å²) in [5.74, 6) is 1.00. The third kappa shape index (κ3) is 6.33. The number of aliphatic imine (C=N–C) groups is 1. The van der Waals surface area contributed by atoms with Gasteiger partial charge in [-0.15, -0.1) is 0 Å². The highest BCUT2D eigenvalue weighted by atomic mass is 16.5. The van der Waals surface area contributed by atoms with Gasteiger partial charge in [0.1, 0.15) is 0 Å². The van der Waals surface area contributed by atoms with Crippen molar-refractivity contribution in [2.75, 3.05) is 44.8 Å². The predicted molar refractivity (Wildman–Crippen MR) is 102 cm³/mol. The Morgan fingerprint density at radius 2 is 2.00 bits per heavy atom. The lowest BCUT2D eigenvalue weighted by Crippen LogP contribution is -2.40. The van der Waals surface area contributed by atoms with Crippen molar-refractivity contribution in [2.24, 2.45) is 4.99 Å². The van der Waals surface area contributed by atoms with E-state index in [9.17, 15) is 0 Å². The van der Waals surface area contributed by atoms with Crippen LogP contribution in [-0.4, -0.2) is 56.4 Å². The lowest BCUT2D eigenvalue weighted by Gasteiger charge is -2.30. The lowest BCUT2D eigenvalue weighted by molar-refractivity contribution is 0.0170. The van der Waals surface area contributed by atoms with E-state index in [0.717, 1.165) is 63.9 Å². The first-order valence-corrected chi connectivity index (χ1v) is 9.72. The number of nitrogens with zero attached hydrogens (tertiary/aromatic N) is 2. The number of benzene rings is 1. The highest BCUT2D eigenvalue weighted by Gasteiger charge is 2.16. The summed E-state index contributed by atoms with van der Waals surface area (Å²) in [6.45, 7) is 5.34. The third-order valence-corrected chi connectivity index (χ3v) is 4.72. The smallest absolute Gasteiger partial charge is 0.198 e. The van der Waals surface area contributed by atoms with Gasteiger partial charge in [-0.05, 0) is 50.7 Å². The second kappa shape index (κ2) is 10.4. The first-order valence-electron chi connectivity index (χ1n) is 9.72. The van der Waals surface area contributed by atoms with E-state index in [1.165, 1.54) is 25.7 Å². The second-order valence-corrected chi connectivity index (χ2v) is 6.81. The number of ether oxygens (including phenoxy) is 2. The van der Waals surface area contributed by atoms with Gasteiger partial charge in [-0.25, -0.2) is 0 Å². The Balaban J connectivity index is 1.44. The van der Waals surface area contributed by atoms with Crippen LogP contribution >= 0.6 is 0 Å². The van der Waals surface area contributed by atoms with Gasteiger partial charge in [0, 0.05) is 38.5 Å². The molecule has 0 saturated carbocycles. The maximum absolute atomic E-state index is 5.73. The van der Waals surface area contributed by atoms with Crippen LogP contribution in [0.1, 0.15) is 38.5 Å². The van der Waals surface area contributed by atoms with Gasteiger partial charge in [-0.1, -0.05) is 18.2 Å². The van der Waals surface area contributed by atoms with Gasteiger partial charge in [-0.3, -0.25) is 4.99 Å². The summed E-state index contributed by atoms with van der Waals surface area (Å²) in [6, 6.07) is 10.3. The number of rotatable bonds is 7. The number of anilines is 1. The molecule has 0 aliphatic carbocycles. The van der Waals surface area contributed by atoms with Gasteiger partial charge >= 0.3 is 0 Å². The zero-order valence-electron chi connectivity index (χ0n) is 15.2. The number of guanidine groups is 1. The number of hydrogen-bond acceptors (Lipinski definition) is 3. The van der Waals surface area contributed by atoms with Crippen LogP contribution in [0.5, 0.6) is 0 Å². The molecule has 1 N–H and O–H groups in total. The number of likely N-dealkylation sites (tertiary alicyclic amines) is 1. The minimum absolute atomic E-state index is 0.312. The van der Waals surface area contributed by atoms with E-state index in [0.29, 0.717) is 6.10 Å². The number of para-hydroxylation sites is 1. The van der Waals surface area contributed by atoms with E-state index in [-0.39, 0.29) is 0 Å². The molecule has 1 aromatic carbocycles. The fraction of sp³-hybridized carbons (Fsp3) is 0.650. The van der Waals surface area contributed by atoms with Crippen LogP contribution in [0, 0.1) is 0 Å². The monoisotopic (exact) mass is 345 g/mol. The Bertz CT molecular complexity index is 509. The molecule has 0 aromatic heterocycles. The SMILES string of the molecule is c1ccc(NC(=NCCCOCC2CCCO2)N2CCCCC2)cc1. The van der Waals surface area contributed by atoms with Gasteiger partial charge in [-0.2, -0.15) is 0 Å². The number of nitrogens with one attached hydrogen (secondary N) is 1. The maximum atomic E-state index is 5.73. The average molecular weight is 345 g/mol. The van der Waals surface area contributed by atoms with Crippen molar-refractivity contribution in [2.45, 2.75) is 44.6 Å². The summed E-state index contributed by atoms with van der Waals surface area (Å²) in [5, 5.41) is 3.50. The van der Waals surface area contributed by atoms with Crippen molar-refractivity contribution < 1.29 is 9.47 Å². The van der Waals surface area contributed by atoms with E-state index >= 15 is 0 Å². The normalized spacial score (nSPS) is 21.5. The quantitative estimate of drug-likeness (QED) is 0.466. The Kier molecular flexibility index (Phi) is 7.58. The zero-order chi connectivity index (χ0) is 17.2. The van der Waals surface area contributed by atoms with Gasteiger partial charge in [0.05, 0.1) is 12.7 Å². The maximum Gasteiger partial charge on any atom is 0.198 e. The topological polar surface area (TPSA) is 46.1 Å². The van der Waals surface area contributed by atoms with Gasteiger partial charge < -0.3 is 19.7 Å². The van der Waals surface area contributed by atoms with Crippen molar-refractivity contribution in [3.63, 3.8) is 0 Å². The first kappa shape index (κ1) is 18.2. The molecule has 2 fully saturated rings. The summed E-state index contributed by atoms with van der Waals surface area (Å²) >= 11 is 0. The molecule has 25 heavy (non-hydrogen) atoms. The van der Waals surface area contributed by atoms with E-state index < -0.39 is 0 Å². The molecular formula is C20H31N3O2. The molecular weight excluding hydrogens is 314 g/mol. The molecule has 0 amide bonds. The highest BCUT2D eigenvalue weighted by Crippen LogP contribution is 2.13. The lowest BCUT2D eigenvalue weighted by atomic mass is 10.1. The van der Waals surface area contributed by atoms with E-state index in [1.807, 2.05) is 6.07 Å². The number of piperidine rings is 1. The predicted octanol–water partition coefficient (Wildman–Crippen LogP) is 3.53. The van der Waals surface area contributed by atoms with Crippen LogP contribution in [0.3, 0.4) is 0 Å². The molecule has 138 valence electrons. The molecule has 5 heteroatoms. The van der Waals surface area contributed by atoms with Crippen LogP contribution in [0.15, 0.2) is 35.3 Å². The van der Waals surface area contributed by atoms with E-state index in [2.05, 4.69) is 34.5 Å². The van der Waals surface area contributed by atoms with Crippen molar-refractivity contribution in [3.8, 4) is 0 Å². The fourth-order valence-corrected chi connectivity index (χ4v) is 3.32. The minimum Gasteiger partial charge on any atom is -0.379 e. The minimum atomic E-state index is 0.312. The van der Waals surface area contributed by atoms with Crippen LogP contribution in [-0.2, 0) is 9.47 Å². The van der Waals surface area contributed by atoms with Crippen LogP contribution in [0.4, 0.5) is 5.69 Å². The molecule has 1 aromatic rings. The third-order valence-electron chi connectivity index (χ3n) is 4.72. The summed E-state index contributed by atoms with van der Waals surface area (Å²) in [6.07, 6.45) is 7.39. The number of hydrogen-bond donors (Lipinski definition) is 1. The molecule has 0 radical (unpaired) electrons. The Hall–Kier alpha value is -1.59. The Morgan fingerprint density at radius 1 is 1.16 bits per heavy atom. The van der Waals surface area contributed by atoms with Gasteiger partial charge in [0.25, 0.3) is 0 Å². The zero-order valence-corrected chi connectivity index (χ0v) is 15.2. The fourth-order valence-electron chi connectivity index (χ4n) is 3.32. The summed E-state index contributed by atoms with van der Waals surface area (Å²) in [5.41, 5.74) is 1.10. The molecule has 2 heterocycles. The summed E-state index contributed by atoms with van der Waals surface area (Å²) in [7, 11) is 0.